The summed E-state index contributed by atoms with van der Waals surface area (Å²) < 4.78 is 28.0. The van der Waals surface area contributed by atoms with Gasteiger partial charge >= 0.3 is 0 Å². The van der Waals surface area contributed by atoms with E-state index >= 15 is 0 Å². The highest BCUT2D eigenvalue weighted by Crippen LogP contribution is 2.13. The van der Waals surface area contributed by atoms with Gasteiger partial charge in [0.1, 0.15) is 0 Å². The molecule has 1 aliphatic heterocycles. The summed E-state index contributed by atoms with van der Waals surface area (Å²) in [5.41, 5.74) is 5.13. The number of primary amides is 1. The molecule has 1 atom stereocenters. The van der Waals surface area contributed by atoms with Crippen molar-refractivity contribution < 1.29 is 13.2 Å². The third-order valence-electron chi connectivity index (χ3n) is 2.68. The van der Waals surface area contributed by atoms with Crippen molar-refractivity contribution in [1.29, 1.82) is 0 Å². The van der Waals surface area contributed by atoms with Crippen LogP contribution in [0.1, 0.15) is 26.7 Å². The quantitative estimate of drug-likeness (QED) is 0.565. The van der Waals surface area contributed by atoms with Crippen molar-refractivity contribution in [2.24, 2.45) is 5.73 Å². The van der Waals surface area contributed by atoms with Crippen LogP contribution in [0.15, 0.2) is 0 Å². The van der Waals surface area contributed by atoms with Gasteiger partial charge < -0.3 is 11.1 Å². The van der Waals surface area contributed by atoms with Gasteiger partial charge in [0.2, 0.25) is 5.91 Å². The molecule has 1 saturated heterocycles. The average molecular weight is 278 g/mol. The first-order valence-corrected chi connectivity index (χ1v) is 7.55. The van der Waals surface area contributed by atoms with E-state index in [1.807, 2.05) is 0 Å². The molecule has 0 radical (unpaired) electrons. The minimum atomic E-state index is -3.67. The molecule has 1 rings (SSSR count). The van der Waals surface area contributed by atoms with Crippen LogP contribution in [0.25, 0.3) is 0 Å². The van der Waals surface area contributed by atoms with Crippen LogP contribution >= 0.6 is 0 Å². The third kappa shape index (κ3) is 4.52. The third-order valence-corrected chi connectivity index (χ3v) is 4.50. The van der Waals surface area contributed by atoms with Crippen molar-refractivity contribution in [3.8, 4) is 0 Å². The second-order valence-corrected chi connectivity index (χ2v) is 6.44. The van der Waals surface area contributed by atoms with Crippen LogP contribution in [0.5, 0.6) is 0 Å². The fourth-order valence-corrected chi connectivity index (χ4v) is 3.61. The van der Waals surface area contributed by atoms with Crippen LogP contribution in [-0.2, 0) is 15.0 Å². The molecule has 1 aliphatic rings. The number of amides is 1. The molecule has 1 amide bonds. The molecule has 1 heterocycles. The van der Waals surface area contributed by atoms with Gasteiger partial charge in [-0.3, -0.25) is 4.79 Å². The molecule has 0 spiro atoms. The number of carbonyl (C=O) groups excluding carboxylic acids is 1. The Morgan fingerprint density at radius 2 is 2.22 bits per heavy atom. The number of piperidine rings is 1. The van der Waals surface area contributed by atoms with Gasteiger partial charge in [0, 0.05) is 18.6 Å². The highest BCUT2D eigenvalue weighted by molar-refractivity contribution is 7.87. The minimum absolute atomic E-state index is 0.220. The fourth-order valence-electron chi connectivity index (χ4n) is 2.01. The Bertz CT molecular complexity index is 377. The zero-order valence-corrected chi connectivity index (χ0v) is 11.7. The predicted molar refractivity (Wildman–Crippen MR) is 69.0 cm³/mol. The van der Waals surface area contributed by atoms with Gasteiger partial charge in [-0.05, 0) is 33.2 Å². The van der Waals surface area contributed by atoms with Crippen LogP contribution in [0.3, 0.4) is 0 Å². The maximum atomic E-state index is 12.2. The summed E-state index contributed by atoms with van der Waals surface area (Å²) in [4.78, 5) is 11.1. The molecule has 7 nitrogen and oxygen atoms in total. The van der Waals surface area contributed by atoms with E-state index in [4.69, 9.17) is 5.73 Å². The van der Waals surface area contributed by atoms with Crippen LogP contribution < -0.4 is 15.8 Å². The molecule has 1 fully saturated rings. The molecule has 0 aromatic carbocycles. The summed E-state index contributed by atoms with van der Waals surface area (Å²) in [6, 6.07) is -0.440. The Morgan fingerprint density at radius 3 is 2.67 bits per heavy atom. The lowest BCUT2D eigenvalue weighted by Gasteiger charge is -2.33. The Hall–Kier alpha value is -0.700. The van der Waals surface area contributed by atoms with Crippen LogP contribution in [0.4, 0.5) is 0 Å². The highest BCUT2D eigenvalue weighted by Gasteiger charge is 2.32. The molecule has 4 N–H and O–H groups in total. The van der Waals surface area contributed by atoms with E-state index in [9.17, 15) is 13.2 Å². The lowest BCUT2D eigenvalue weighted by Crippen LogP contribution is -2.55. The SMILES string of the molecule is CC(C)NS(=O)(=O)N(CC(N)=O)C1CCCNC1. The van der Waals surface area contributed by atoms with Crippen molar-refractivity contribution in [2.45, 2.75) is 38.8 Å². The van der Waals surface area contributed by atoms with Crippen molar-refractivity contribution in [3.63, 3.8) is 0 Å². The normalized spacial score (nSPS) is 21.4. The van der Waals surface area contributed by atoms with Crippen LogP contribution in [0, 0.1) is 0 Å². The Kier molecular flexibility index (Phi) is 5.51. The number of rotatable bonds is 6. The first-order valence-electron chi connectivity index (χ1n) is 6.11. The summed E-state index contributed by atoms with van der Waals surface area (Å²) in [5, 5.41) is 3.13. The molecule has 0 aromatic rings. The Labute approximate surface area is 108 Å². The number of nitrogens with one attached hydrogen (secondary N) is 2. The monoisotopic (exact) mass is 278 g/mol. The summed E-state index contributed by atoms with van der Waals surface area (Å²) in [6.07, 6.45) is 1.62. The Balaban J connectivity index is 2.85. The first-order chi connectivity index (χ1) is 8.33. The van der Waals surface area contributed by atoms with Crippen molar-refractivity contribution in [1.82, 2.24) is 14.3 Å². The molecule has 0 aromatic heterocycles. The molecule has 0 aliphatic carbocycles. The highest BCUT2D eigenvalue weighted by atomic mass is 32.2. The zero-order valence-electron chi connectivity index (χ0n) is 10.8. The van der Waals surface area contributed by atoms with Crippen molar-refractivity contribution in [2.75, 3.05) is 19.6 Å². The summed E-state index contributed by atoms with van der Waals surface area (Å²) in [6.45, 7) is 4.61. The van der Waals surface area contributed by atoms with E-state index in [1.165, 1.54) is 4.31 Å². The smallest absolute Gasteiger partial charge is 0.280 e. The van der Waals surface area contributed by atoms with Gasteiger partial charge in [0.05, 0.1) is 6.54 Å². The van der Waals surface area contributed by atoms with Gasteiger partial charge in [-0.2, -0.15) is 17.4 Å². The molecular weight excluding hydrogens is 256 g/mol. The minimum Gasteiger partial charge on any atom is -0.369 e. The van der Waals surface area contributed by atoms with Gasteiger partial charge in [0.25, 0.3) is 10.2 Å². The van der Waals surface area contributed by atoms with Crippen LogP contribution in [-0.4, -0.2) is 50.3 Å². The number of nitrogens with zero attached hydrogens (tertiary/aromatic N) is 1. The van der Waals surface area contributed by atoms with Crippen molar-refractivity contribution in [3.05, 3.63) is 0 Å². The second kappa shape index (κ2) is 6.46. The van der Waals surface area contributed by atoms with E-state index < -0.39 is 16.1 Å². The number of hydrogen-bond acceptors (Lipinski definition) is 4. The summed E-state index contributed by atoms with van der Waals surface area (Å²) >= 11 is 0. The molecule has 0 saturated carbocycles. The lowest BCUT2D eigenvalue weighted by molar-refractivity contribution is -0.118. The molecule has 0 bridgehead atoms. The molecule has 1 unspecified atom stereocenters. The van der Waals surface area contributed by atoms with Crippen molar-refractivity contribution >= 4 is 16.1 Å². The lowest BCUT2D eigenvalue weighted by atomic mass is 10.1. The molecule has 18 heavy (non-hydrogen) atoms. The van der Waals surface area contributed by atoms with Gasteiger partial charge in [0.15, 0.2) is 0 Å². The summed E-state index contributed by atoms with van der Waals surface area (Å²) in [7, 11) is -3.67. The Morgan fingerprint density at radius 1 is 1.56 bits per heavy atom. The number of hydrogen-bond donors (Lipinski definition) is 3. The number of nitrogens with two attached hydrogens (primary N) is 1. The van der Waals surface area contributed by atoms with Gasteiger partial charge in [-0.15, -0.1) is 0 Å². The zero-order chi connectivity index (χ0) is 13.8. The second-order valence-electron chi connectivity index (χ2n) is 4.79. The maximum absolute atomic E-state index is 12.2. The molecule has 8 heteroatoms. The fraction of sp³-hybridized carbons (Fsp3) is 0.900. The summed E-state index contributed by atoms with van der Waals surface area (Å²) in [5.74, 6) is -0.644. The first kappa shape index (κ1) is 15.4. The molecule has 106 valence electrons. The van der Waals surface area contributed by atoms with E-state index in [2.05, 4.69) is 10.0 Å². The van der Waals surface area contributed by atoms with E-state index in [-0.39, 0.29) is 18.6 Å². The predicted octanol–water partition coefficient (Wildman–Crippen LogP) is -1.23. The molecular formula is C10H22N4O3S. The standard InChI is InChI=1S/C10H22N4O3S/c1-8(2)13-18(16,17)14(7-10(11)15)9-4-3-5-12-6-9/h8-9,12-13H,3-7H2,1-2H3,(H2,11,15). The average Bonchev–Trinajstić information content (AvgIpc) is 2.25. The largest absolute Gasteiger partial charge is 0.369 e. The van der Waals surface area contributed by atoms with E-state index in [0.717, 1.165) is 19.4 Å². The van der Waals surface area contributed by atoms with Gasteiger partial charge in [-0.1, -0.05) is 0 Å². The van der Waals surface area contributed by atoms with Gasteiger partial charge in [-0.25, -0.2) is 0 Å². The van der Waals surface area contributed by atoms with E-state index in [1.54, 1.807) is 13.8 Å². The topological polar surface area (TPSA) is 105 Å². The van der Waals surface area contributed by atoms with Crippen LogP contribution in [0.2, 0.25) is 0 Å². The number of carbonyl (C=O) groups is 1. The maximum Gasteiger partial charge on any atom is 0.280 e. The van der Waals surface area contributed by atoms with E-state index in [0.29, 0.717) is 6.54 Å².